The van der Waals surface area contributed by atoms with Gasteiger partial charge in [0.05, 0.1) is 17.8 Å². The summed E-state index contributed by atoms with van der Waals surface area (Å²) < 4.78 is 12.0. The van der Waals surface area contributed by atoms with Crippen LogP contribution in [0.25, 0.3) is 0 Å². The Bertz CT molecular complexity index is 1140. The fraction of sp³-hybridized carbons (Fsp3) is 0.914. The normalized spacial score (nSPS) is 52.0. The SMILES string of the molecule is C/C=C(\C)C(=O)O[C@H]1CC[C@]2(C)C3CC[C@]45C[C@]4(CC[C@H]5[C@@H]4C[C@H]([C@@H](O)C(C)(C)O)OC4O)[C@]3(C)[C@H](O)C[C@H]2C1(C)C. The van der Waals surface area contributed by atoms with Gasteiger partial charge in [0.1, 0.15) is 12.2 Å². The molecule has 5 aliphatic carbocycles. The molecule has 0 spiro atoms. The van der Waals surface area contributed by atoms with E-state index in [1.54, 1.807) is 13.8 Å². The Morgan fingerprint density at radius 1 is 1.02 bits per heavy atom. The minimum Gasteiger partial charge on any atom is -0.458 e. The number of hydrogen-bond donors (Lipinski definition) is 4. The lowest BCUT2D eigenvalue weighted by atomic mass is 9.37. The molecule has 0 amide bonds. The van der Waals surface area contributed by atoms with E-state index < -0.39 is 30.2 Å². The van der Waals surface area contributed by atoms with Crippen molar-refractivity contribution in [3.63, 3.8) is 0 Å². The van der Waals surface area contributed by atoms with Crippen molar-refractivity contribution in [3.8, 4) is 0 Å². The molecule has 1 heterocycles. The zero-order valence-electron chi connectivity index (χ0n) is 27.2. The molecular weight excluding hydrogens is 532 g/mol. The van der Waals surface area contributed by atoms with E-state index in [2.05, 4.69) is 27.7 Å². The smallest absolute Gasteiger partial charge is 0.333 e. The largest absolute Gasteiger partial charge is 0.458 e. The van der Waals surface area contributed by atoms with E-state index in [-0.39, 0.29) is 51.0 Å². The number of rotatable bonds is 5. The third kappa shape index (κ3) is 3.85. The minimum atomic E-state index is -1.29. The number of aliphatic hydroxyl groups is 4. The minimum absolute atomic E-state index is 0.0511. The molecule has 6 rings (SSSR count). The van der Waals surface area contributed by atoms with Gasteiger partial charge in [0.25, 0.3) is 0 Å². The van der Waals surface area contributed by atoms with Crippen molar-refractivity contribution >= 4 is 5.97 Å². The van der Waals surface area contributed by atoms with Crippen LogP contribution in [-0.4, -0.2) is 62.7 Å². The standard InChI is InChI=1S/C35H56O7/c1-9-19(2)28(38)42-26-12-13-32(7)23-11-14-34-18-35(34,33(23,8)25(36)17-24(32)30(26,3)4)15-10-21(34)20-16-22(41-29(20)39)27(37)31(5,6)40/h9,20-27,29,36-37,39-40H,10-18H2,1-8H3/b19-9+/t20-,21-,22+,23?,24-,25+,26-,27+,29?,32+,33-,34+,35+/m0/s1. The van der Waals surface area contributed by atoms with E-state index in [0.717, 1.165) is 51.4 Å². The van der Waals surface area contributed by atoms with Crippen molar-refractivity contribution in [1.29, 1.82) is 0 Å². The second kappa shape index (κ2) is 9.51. The number of allylic oxidation sites excluding steroid dienone is 1. The van der Waals surface area contributed by atoms with Gasteiger partial charge in [-0.2, -0.15) is 0 Å². The number of carbonyl (C=O) groups excluding carboxylic acids is 1. The summed E-state index contributed by atoms with van der Waals surface area (Å²) in [5.74, 6) is 0.640. The lowest BCUT2D eigenvalue weighted by Crippen LogP contribution is -2.66. The summed E-state index contributed by atoms with van der Waals surface area (Å²) in [5.41, 5.74) is -0.895. The molecule has 6 aliphatic rings. The van der Waals surface area contributed by atoms with Crippen LogP contribution in [0.2, 0.25) is 0 Å². The molecule has 0 aromatic heterocycles. The van der Waals surface area contributed by atoms with Gasteiger partial charge in [0.2, 0.25) is 0 Å². The first-order valence-electron chi connectivity index (χ1n) is 16.7. The van der Waals surface area contributed by atoms with Crippen molar-refractivity contribution in [2.75, 3.05) is 0 Å². The van der Waals surface area contributed by atoms with Crippen molar-refractivity contribution in [3.05, 3.63) is 11.6 Å². The molecule has 0 aromatic rings. The molecule has 0 aromatic carbocycles. The van der Waals surface area contributed by atoms with Crippen molar-refractivity contribution in [1.82, 2.24) is 0 Å². The van der Waals surface area contributed by atoms with Gasteiger partial charge in [0.15, 0.2) is 6.29 Å². The van der Waals surface area contributed by atoms with Gasteiger partial charge in [-0.15, -0.1) is 0 Å². The Balaban J connectivity index is 1.26. The lowest BCUT2D eigenvalue weighted by Gasteiger charge is -2.68. The van der Waals surface area contributed by atoms with Crippen LogP contribution in [0.3, 0.4) is 0 Å². The van der Waals surface area contributed by atoms with Gasteiger partial charge < -0.3 is 29.9 Å². The number of esters is 1. The van der Waals surface area contributed by atoms with Crippen LogP contribution in [0.4, 0.5) is 0 Å². The van der Waals surface area contributed by atoms with Gasteiger partial charge in [-0.1, -0.05) is 33.8 Å². The molecule has 2 unspecified atom stereocenters. The van der Waals surface area contributed by atoms with Gasteiger partial charge in [-0.25, -0.2) is 4.79 Å². The molecule has 7 nitrogen and oxygen atoms in total. The van der Waals surface area contributed by atoms with E-state index in [4.69, 9.17) is 9.47 Å². The molecule has 0 bridgehead atoms. The Labute approximate surface area is 252 Å². The van der Waals surface area contributed by atoms with Crippen molar-refractivity contribution in [2.45, 2.75) is 149 Å². The third-order valence-corrected chi connectivity index (χ3v) is 14.9. The fourth-order valence-corrected chi connectivity index (χ4v) is 12.5. The number of hydrogen-bond acceptors (Lipinski definition) is 7. The number of ether oxygens (including phenoxy) is 2. The highest BCUT2D eigenvalue weighted by Gasteiger charge is 2.85. The molecule has 6 fully saturated rings. The Kier molecular flexibility index (Phi) is 7.02. The topological polar surface area (TPSA) is 116 Å². The molecular formula is C35H56O7. The van der Waals surface area contributed by atoms with Crippen LogP contribution in [0.15, 0.2) is 11.6 Å². The predicted octanol–water partition coefficient (Wildman–Crippen LogP) is 5.13. The summed E-state index contributed by atoms with van der Waals surface area (Å²) in [6.45, 7) is 16.2. The highest BCUT2D eigenvalue weighted by Crippen LogP contribution is 2.91. The second-order valence-corrected chi connectivity index (χ2v) is 17.0. The Morgan fingerprint density at radius 2 is 1.71 bits per heavy atom. The maximum Gasteiger partial charge on any atom is 0.333 e. The molecule has 42 heavy (non-hydrogen) atoms. The average Bonchev–Trinajstić information content (AvgIpc) is 3.28. The number of fused-ring (bicyclic) bond motifs is 3. The Morgan fingerprint density at radius 3 is 2.36 bits per heavy atom. The molecule has 7 heteroatoms. The van der Waals surface area contributed by atoms with Crippen LogP contribution in [0, 0.1) is 50.7 Å². The van der Waals surface area contributed by atoms with Crippen LogP contribution >= 0.6 is 0 Å². The summed E-state index contributed by atoms with van der Waals surface area (Å²) in [5, 5.41) is 44.5. The second-order valence-electron chi connectivity index (χ2n) is 17.0. The lowest BCUT2D eigenvalue weighted by molar-refractivity contribution is -0.245. The van der Waals surface area contributed by atoms with Gasteiger partial charge in [-0.05, 0) is 119 Å². The zero-order chi connectivity index (χ0) is 30.8. The molecule has 1 saturated heterocycles. The van der Waals surface area contributed by atoms with Crippen molar-refractivity contribution < 1.29 is 34.7 Å². The first-order chi connectivity index (χ1) is 19.4. The summed E-state index contributed by atoms with van der Waals surface area (Å²) in [6.07, 6.45) is 7.13. The Hall–Kier alpha value is -0.990. The molecule has 0 radical (unpaired) electrons. The van der Waals surface area contributed by atoms with E-state index in [9.17, 15) is 25.2 Å². The van der Waals surface area contributed by atoms with E-state index in [1.165, 1.54) is 0 Å². The quantitative estimate of drug-likeness (QED) is 0.260. The average molecular weight is 589 g/mol. The summed E-state index contributed by atoms with van der Waals surface area (Å²) >= 11 is 0. The summed E-state index contributed by atoms with van der Waals surface area (Å²) in [7, 11) is 0. The monoisotopic (exact) mass is 588 g/mol. The molecule has 4 N–H and O–H groups in total. The van der Waals surface area contributed by atoms with Gasteiger partial charge in [-0.3, -0.25) is 0 Å². The first kappa shape index (κ1) is 31.0. The molecule has 13 atom stereocenters. The van der Waals surface area contributed by atoms with Crippen molar-refractivity contribution in [2.24, 2.45) is 50.7 Å². The van der Waals surface area contributed by atoms with Crippen LogP contribution in [-0.2, 0) is 14.3 Å². The van der Waals surface area contributed by atoms with Crippen LogP contribution in [0.1, 0.15) is 113 Å². The van der Waals surface area contributed by atoms with E-state index in [1.807, 2.05) is 19.9 Å². The van der Waals surface area contributed by atoms with E-state index in [0.29, 0.717) is 23.8 Å². The first-order valence-corrected chi connectivity index (χ1v) is 16.7. The van der Waals surface area contributed by atoms with Crippen LogP contribution in [0.5, 0.6) is 0 Å². The number of aliphatic hydroxyl groups excluding tert-OH is 3. The van der Waals surface area contributed by atoms with Gasteiger partial charge in [0, 0.05) is 22.3 Å². The highest BCUT2D eigenvalue weighted by molar-refractivity contribution is 5.87. The fourth-order valence-electron chi connectivity index (χ4n) is 12.5. The predicted molar refractivity (Wildman–Crippen MR) is 159 cm³/mol. The zero-order valence-corrected chi connectivity index (χ0v) is 27.2. The van der Waals surface area contributed by atoms with E-state index >= 15 is 0 Å². The molecule has 238 valence electrons. The molecule has 5 saturated carbocycles. The summed E-state index contributed by atoms with van der Waals surface area (Å²) in [4.78, 5) is 12.8. The van der Waals surface area contributed by atoms with Crippen LogP contribution < -0.4 is 0 Å². The molecule has 1 aliphatic heterocycles. The highest BCUT2D eigenvalue weighted by atomic mass is 16.6. The van der Waals surface area contributed by atoms with Gasteiger partial charge >= 0.3 is 5.97 Å². The maximum atomic E-state index is 12.8. The number of carbonyl (C=O) groups is 1. The third-order valence-electron chi connectivity index (χ3n) is 14.9. The summed E-state index contributed by atoms with van der Waals surface area (Å²) in [6, 6.07) is 0. The maximum absolute atomic E-state index is 12.8.